The Bertz CT molecular complexity index is 500. The molecule has 1 aromatic carbocycles. The summed E-state index contributed by atoms with van der Waals surface area (Å²) in [4.78, 5) is 0. The summed E-state index contributed by atoms with van der Waals surface area (Å²) in [7, 11) is 0. The number of fused-ring (bicyclic) bond motifs is 2. The highest BCUT2D eigenvalue weighted by Crippen LogP contribution is 2.52. The van der Waals surface area contributed by atoms with Crippen molar-refractivity contribution in [3.63, 3.8) is 0 Å². The van der Waals surface area contributed by atoms with Crippen molar-refractivity contribution in [3.05, 3.63) is 34.9 Å². The molecule has 1 nitrogen and oxygen atoms in total. The summed E-state index contributed by atoms with van der Waals surface area (Å²) in [5.41, 5.74) is 0.905. The third kappa shape index (κ3) is 2.26. The highest BCUT2D eigenvalue weighted by molar-refractivity contribution is 5.29. The van der Waals surface area contributed by atoms with Crippen LogP contribution < -0.4 is 5.32 Å². The van der Waals surface area contributed by atoms with E-state index in [4.69, 9.17) is 0 Å². The summed E-state index contributed by atoms with van der Waals surface area (Å²) < 4.78 is 28.2. The van der Waals surface area contributed by atoms with Crippen molar-refractivity contribution in [2.75, 3.05) is 6.54 Å². The van der Waals surface area contributed by atoms with Gasteiger partial charge in [-0.05, 0) is 56.0 Å². The summed E-state index contributed by atoms with van der Waals surface area (Å²) >= 11 is 0. The number of nitrogens with one attached hydrogen (secondary N) is 1. The normalized spacial score (nSPS) is 29.9. The number of aryl methyl sites for hydroxylation is 1. The third-order valence-corrected chi connectivity index (χ3v) is 5.29. The summed E-state index contributed by atoms with van der Waals surface area (Å²) in [5.74, 6) is 0.620. The van der Waals surface area contributed by atoms with Gasteiger partial charge in [-0.15, -0.1) is 0 Å². The summed E-state index contributed by atoms with van der Waals surface area (Å²) in [6, 6.07) is 3.43. The molecule has 0 aliphatic heterocycles. The van der Waals surface area contributed by atoms with Crippen molar-refractivity contribution in [2.24, 2.45) is 17.8 Å². The molecule has 3 heteroatoms. The molecule has 2 bridgehead atoms. The lowest BCUT2D eigenvalue weighted by molar-refractivity contribution is 0.247. The van der Waals surface area contributed by atoms with Crippen molar-refractivity contribution >= 4 is 0 Å². The maximum absolute atomic E-state index is 14.3. The Morgan fingerprint density at radius 3 is 2.60 bits per heavy atom. The SMILES string of the molecule is CCNC(c1ccc(C)c(F)c1F)C1CC2CCC1C2. The van der Waals surface area contributed by atoms with Gasteiger partial charge in [0.25, 0.3) is 0 Å². The van der Waals surface area contributed by atoms with Crippen LogP contribution in [0.2, 0.25) is 0 Å². The first kappa shape index (κ1) is 14.0. The minimum atomic E-state index is -0.687. The van der Waals surface area contributed by atoms with Crippen LogP contribution in [0.5, 0.6) is 0 Å². The lowest BCUT2D eigenvalue weighted by Gasteiger charge is -2.32. The van der Waals surface area contributed by atoms with Gasteiger partial charge in [0.05, 0.1) is 0 Å². The lowest BCUT2D eigenvalue weighted by Crippen LogP contribution is -2.32. The number of benzene rings is 1. The first-order valence-electron chi connectivity index (χ1n) is 7.79. The molecule has 0 heterocycles. The average molecular weight is 279 g/mol. The van der Waals surface area contributed by atoms with Crippen molar-refractivity contribution < 1.29 is 8.78 Å². The second kappa shape index (κ2) is 5.44. The van der Waals surface area contributed by atoms with Gasteiger partial charge in [-0.2, -0.15) is 0 Å². The third-order valence-electron chi connectivity index (χ3n) is 5.29. The molecule has 4 unspecified atom stereocenters. The molecule has 2 aliphatic rings. The second-order valence-corrected chi connectivity index (χ2v) is 6.47. The zero-order chi connectivity index (χ0) is 14.3. The molecule has 2 saturated carbocycles. The molecular weight excluding hydrogens is 256 g/mol. The summed E-state index contributed by atoms with van der Waals surface area (Å²) in [6.45, 7) is 4.43. The van der Waals surface area contributed by atoms with Gasteiger partial charge in [-0.1, -0.05) is 25.5 Å². The maximum atomic E-state index is 14.3. The van der Waals surface area contributed by atoms with Crippen LogP contribution in [-0.4, -0.2) is 6.54 Å². The van der Waals surface area contributed by atoms with Crippen LogP contribution in [0.25, 0.3) is 0 Å². The Labute approximate surface area is 119 Å². The van der Waals surface area contributed by atoms with Crippen molar-refractivity contribution in [1.82, 2.24) is 5.32 Å². The number of rotatable bonds is 4. The molecular formula is C17H23F2N. The van der Waals surface area contributed by atoms with Gasteiger partial charge in [0, 0.05) is 11.6 Å². The molecule has 0 aromatic heterocycles. The first-order chi connectivity index (χ1) is 9.61. The van der Waals surface area contributed by atoms with Crippen LogP contribution in [0.15, 0.2) is 12.1 Å². The van der Waals surface area contributed by atoms with Crippen LogP contribution in [0.3, 0.4) is 0 Å². The standard InChI is InChI=1S/C17H23F2N/c1-3-20-17(14-9-11-5-6-12(14)8-11)13-7-4-10(2)15(18)16(13)19/h4,7,11-12,14,17,20H,3,5-6,8-9H2,1-2H3. The fraction of sp³-hybridized carbons (Fsp3) is 0.647. The van der Waals surface area contributed by atoms with E-state index in [0.29, 0.717) is 23.0 Å². The molecule has 110 valence electrons. The van der Waals surface area contributed by atoms with E-state index in [1.165, 1.54) is 19.3 Å². The maximum Gasteiger partial charge on any atom is 0.163 e. The molecule has 0 saturated heterocycles. The van der Waals surface area contributed by atoms with Crippen LogP contribution in [-0.2, 0) is 0 Å². The molecule has 1 N–H and O–H groups in total. The molecule has 20 heavy (non-hydrogen) atoms. The Kier molecular flexibility index (Phi) is 3.80. The van der Waals surface area contributed by atoms with Crippen LogP contribution in [0.4, 0.5) is 8.78 Å². The number of halogens is 2. The highest BCUT2D eigenvalue weighted by atomic mass is 19.2. The molecule has 0 spiro atoms. The van der Waals surface area contributed by atoms with Gasteiger partial charge < -0.3 is 5.32 Å². The largest absolute Gasteiger partial charge is 0.310 e. The Morgan fingerprint density at radius 2 is 2.00 bits per heavy atom. The predicted molar refractivity (Wildman–Crippen MR) is 76.5 cm³/mol. The van der Waals surface area contributed by atoms with Crippen molar-refractivity contribution in [1.29, 1.82) is 0 Å². The van der Waals surface area contributed by atoms with Crippen LogP contribution in [0.1, 0.15) is 49.8 Å². The van der Waals surface area contributed by atoms with Crippen LogP contribution in [0, 0.1) is 36.3 Å². The van der Waals surface area contributed by atoms with E-state index in [0.717, 1.165) is 18.9 Å². The Hall–Kier alpha value is -0.960. The van der Waals surface area contributed by atoms with Gasteiger partial charge in [0.15, 0.2) is 11.6 Å². The van der Waals surface area contributed by atoms with Gasteiger partial charge in [-0.3, -0.25) is 0 Å². The number of hydrogen-bond acceptors (Lipinski definition) is 1. The van der Waals surface area contributed by atoms with Gasteiger partial charge in [-0.25, -0.2) is 8.78 Å². The van der Waals surface area contributed by atoms with Gasteiger partial charge >= 0.3 is 0 Å². The van der Waals surface area contributed by atoms with E-state index in [9.17, 15) is 8.78 Å². The lowest BCUT2D eigenvalue weighted by atomic mass is 9.80. The van der Waals surface area contributed by atoms with E-state index < -0.39 is 11.6 Å². The van der Waals surface area contributed by atoms with Gasteiger partial charge in [0.2, 0.25) is 0 Å². The topological polar surface area (TPSA) is 12.0 Å². The molecule has 3 rings (SSSR count). The van der Waals surface area contributed by atoms with E-state index >= 15 is 0 Å². The average Bonchev–Trinajstić information content (AvgIpc) is 3.06. The first-order valence-corrected chi connectivity index (χ1v) is 7.79. The molecule has 2 aliphatic carbocycles. The van der Waals surface area contributed by atoms with Gasteiger partial charge in [0.1, 0.15) is 0 Å². The minimum absolute atomic E-state index is 0.0367. The Balaban J connectivity index is 1.93. The van der Waals surface area contributed by atoms with Crippen molar-refractivity contribution in [3.8, 4) is 0 Å². The minimum Gasteiger partial charge on any atom is -0.310 e. The zero-order valence-corrected chi connectivity index (χ0v) is 12.3. The predicted octanol–water partition coefficient (Wildman–Crippen LogP) is 4.36. The molecule has 0 radical (unpaired) electrons. The van der Waals surface area contributed by atoms with E-state index in [1.807, 2.05) is 6.92 Å². The fourth-order valence-electron chi connectivity index (χ4n) is 4.32. The summed E-state index contributed by atoms with van der Waals surface area (Å²) in [6.07, 6.45) is 5.03. The summed E-state index contributed by atoms with van der Waals surface area (Å²) in [5, 5.41) is 3.41. The van der Waals surface area contributed by atoms with Crippen molar-refractivity contribution in [2.45, 2.75) is 45.6 Å². The Morgan fingerprint density at radius 1 is 1.20 bits per heavy atom. The molecule has 1 aromatic rings. The quantitative estimate of drug-likeness (QED) is 0.863. The van der Waals surface area contributed by atoms with Crippen LogP contribution >= 0.6 is 0 Å². The molecule has 2 fully saturated rings. The zero-order valence-electron chi connectivity index (χ0n) is 12.3. The number of hydrogen-bond donors (Lipinski definition) is 1. The smallest absolute Gasteiger partial charge is 0.163 e. The monoisotopic (exact) mass is 279 g/mol. The molecule has 0 amide bonds. The fourth-order valence-corrected chi connectivity index (χ4v) is 4.32. The van der Waals surface area contributed by atoms with E-state index in [2.05, 4.69) is 5.32 Å². The van der Waals surface area contributed by atoms with E-state index in [1.54, 1.807) is 19.1 Å². The second-order valence-electron chi connectivity index (χ2n) is 6.47. The highest BCUT2D eigenvalue weighted by Gasteiger charge is 2.44. The van der Waals surface area contributed by atoms with E-state index in [-0.39, 0.29) is 6.04 Å². The molecule has 4 atom stereocenters.